The Hall–Kier alpha value is -3.16. The van der Waals surface area contributed by atoms with Gasteiger partial charge in [0.05, 0.1) is 4.90 Å². The van der Waals surface area contributed by atoms with E-state index in [4.69, 9.17) is 4.74 Å². The van der Waals surface area contributed by atoms with E-state index in [1.165, 1.54) is 12.1 Å². The predicted molar refractivity (Wildman–Crippen MR) is 128 cm³/mol. The van der Waals surface area contributed by atoms with Crippen molar-refractivity contribution in [1.29, 1.82) is 0 Å². The fourth-order valence-electron chi connectivity index (χ4n) is 3.56. The highest BCUT2D eigenvalue weighted by Gasteiger charge is 2.34. The van der Waals surface area contributed by atoms with Crippen molar-refractivity contribution in [3.05, 3.63) is 95.6 Å². The molecule has 0 saturated carbocycles. The molecule has 1 N–H and O–H groups in total. The number of benzene rings is 3. The van der Waals surface area contributed by atoms with Crippen LogP contribution in [0, 0.1) is 6.92 Å². The fraction of sp³-hybridized carbons (Fsp3) is 0.269. The topological polar surface area (TPSA) is 83.9 Å². The van der Waals surface area contributed by atoms with Crippen molar-refractivity contribution in [2.45, 2.75) is 44.2 Å². The van der Waals surface area contributed by atoms with Gasteiger partial charge < -0.3 is 9.84 Å². The number of hydrogen-bond acceptors (Lipinski definition) is 4. The molecule has 0 bridgehead atoms. The molecule has 33 heavy (non-hydrogen) atoms. The van der Waals surface area contributed by atoms with Gasteiger partial charge in [-0.05, 0) is 55.2 Å². The van der Waals surface area contributed by atoms with Gasteiger partial charge in [-0.2, -0.15) is 4.31 Å². The van der Waals surface area contributed by atoms with Crippen LogP contribution in [-0.2, 0) is 27.8 Å². The first kappa shape index (κ1) is 24.5. The maximum absolute atomic E-state index is 13.3. The summed E-state index contributed by atoms with van der Waals surface area (Å²) < 4.78 is 33.6. The lowest BCUT2D eigenvalue weighted by molar-refractivity contribution is -0.141. The van der Waals surface area contributed by atoms with Gasteiger partial charge in [0.2, 0.25) is 10.0 Å². The summed E-state index contributed by atoms with van der Waals surface area (Å²) in [6.45, 7) is 4.01. The third-order valence-electron chi connectivity index (χ3n) is 5.41. The van der Waals surface area contributed by atoms with Crippen molar-refractivity contribution in [2.75, 3.05) is 6.54 Å². The van der Waals surface area contributed by atoms with Crippen LogP contribution < -0.4 is 4.74 Å². The van der Waals surface area contributed by atoms with E-state index in [0.29, 0.717) is 18.8 Å². The van der Waals surface area contributed by atoms with Crippen LogP contribution in [0.5, 0.6) is 5.75 Å². The fourth-order valence-corrected chi connectivity index (χ4v) is 5.22. The molecule has 0 radical (unpaired) electrons. The van der Waals surface area contributed by atoms with Gasteiger partial charge in [0.1, 0.15) is 18.4 Å². The van der Waals surface area contributed by atoms with Gasteiger partial charge in [-0.15, -0.1) is 0 Å². The van der Waals surface area contributed by atoms with Crippen molar-refractivity contribution < 1.29 is 23.1 Å². The quantitative estimate of drug-likeness (QED) is 0.443. The standard InChI is InChI=1S/C26H29NO5S/c1-3-25(26(28)29)27(33(30,31)24-14-12-20(2)13-15-24)17-16-21-10-7-11-23(18-21)32-19-22-8-5-4-6-9-22/h4-15,18,25H,3,16-17,19H2,1-2H3,(H,28,29)/t25-/m0/s1. The molecule has 1 atom stereocenters. The Labute approximate surface area is 195 Å². The zero-order valence-corrected chi connectivity index (χ0v) is 19.7. The van der Waals surface area contributed by atoms with E-state index in [0.717, 1.165) is 21.0 Å². The molecule has 0 aromatic heterocycles. The second-order valence-corrected chi connectivity index (χ2v) is 9.75. The molecular formula is C26H29NO5S. The third-order valence-corrected chi connectivity index (χ3v) is 7.34. The minimum absolute atomic E-state index is 0.0448. The average Bonchev–Trinajstić information content (AvgIpc) is 2.81. The molecule has 0 unspecified atom stereocenters. The second kappa shape index (κ2) is 11.1. The first-order chi connectivity index (χ1) is 15.8. The van der Waals surface area contributed by atoms with E-state index < -0.39 is 22.0 Å². The molecule has 0 saturated heterocycles. The molecule has 0 heterocycles. The molecular weight excluding hydrogens is 438 g/mol. The summed E-state index contributed by atoms with van der Waals surface area (Å²) in [5, 5.41) is 9.69. The Morgan fingerprint density at radius 2 is 1.64 bits per heavy atom. The van der Waals surface area contributed by atoms with Crippen LogP contribution in [-0.4, -0.2) is 36.4 Å². The second-order valence-electron chi connectivity index (χ2n) is 7.86. The highest BCUT2D eigenvalue weighted by molar-refractivity contribution is 7.89. The van der Waals surface area contributed by atoms with E-state index in [9.17, 15) is 18.3 Å². The summed E-state index contributed by atoms with van der Waals surface area (Å²) in [7, 11) is -3.98. The smallest absolute Gasteiger partial charge is 0.322 e. The highest BCUT2D eigenvalue weighted by Crippen LogP contribution is 2.22. The zero-order valence-electron chi connectivity index (χ0n) is 18.8. The number of aryl methyl sites for hydroxylation is 1. The molecule has 0 spiro atoms. The summed E-state index contributed by atoms with van der Waals surface area (Å²) in [5.74, 6) is -0.484. The minimum atomic E-state index is -3.98. The van der Waals surface area contributed by atoms with E-state index in [1.54, 1.807) is 19.1 Å². The molecule has 7 heteroatoms. The zero-order chi connectivity index (χ0) is 23.8. The number of nitrogens with zero attached hydrogens (tertiary/aromatic N) is 1. The van der Waals surface area contributed by atoms with E-state index in [2.05, 4.69) is 0 Å². The summed E-state index contributed by atoms with van der Waals surface area (Å²) in [4.78, 5) is 12.0. The lowest BCUT2D eigenvalue weighted by atomic mass is 10.1. The summed E-state index contributed by atoms with van der Waals surface area (Å²) >= 11 is 0. The van der Waals surface area contributed by atoms with Gasteiger partial charge in [-0.1, -0.05) is 67.1 Å². The SMILES string of the molecule is CC[C@@H](C(=O)O)N(CCc1cccc(OCc2ccccc2)c1)S(=O)(=O)c1ccc(C)cc1. The molecule has 6 nitrogen and oxygen atoms in total. The Morgan fingerprint density at radius 1 is 0.970 bits per heavy atom. The lowest BCUT2D eigenvalue weighted by Crippen LogP contribution is -2.45. The molecule has 3 aromatic carbocycles. The van der Waals surface area contributed by atoms with Gasteiger partial charge in [-0.3, -0.25) is 4.79 Å². The normalized spacial score (nSPS) is 12.5. The molecule has 0 amide bonds. The highest BCUT2D eigenvalue weighted by atomic mass is 32.2. The Morgan fingerprint density at radius 3 is 2.27 bits per heavy atom. The molecule has 3 aromatic rings. The van der Waals surface area contributed by atoms with Crippen molar-refractivity contribution in [3.8, 4) is 5.75 Å². The molecule has 0 fully saturated rings. The summed E-state index contributed by atoms with van der Waals surface area (Å²) in [6.07, 6.45) is 0.526. The largest absolute Gasteiger partial charge is 0.489 e. The van der Waals surface area contributed by atoms with Gasteiger partial charge in [0.15, 0.2) is 0 Å². The van der Waals surface area contributed by atoms with Crippen molar-refractivity contribution in [2.24, 2.45) is 0 Å². The van der Waals surface area contributed by atoms with Crippen LogP contribution in [0.2, 0.25) is 0 Å². The number of rotatable bonds is 11. The van der Waals surface area contributed by atoms with E-state index in [-0.39, 0.29) is 17.9 Å². The Kier molecular flexibility index (Phi) is 8.25. The van der Waals surface area contributed by atoms with Crippen molar-refractivity contribution in [3.63, 3.8) is 0 Å². The van der Waals surface area contributed by atoms with Crippen molar-refractivity contribution in [1.82, 2.24) is 4.31 Å². The molecule has 3 rings (SSSR count). The van der Waals surface area contributed by atoms with Gasteiger partial charge in [0, 0.05) is 6.54 Å². The van der Waals surface area contributed by atoms with Gasteiger partial charge in [0.25, 0.3) is 0 Å². The number of sulfonamides is 1. The summed E-state index contributed by atoms with van der Waals surface area (Å²) in [6, 6.07) is 22.6. The van der Waals surface area contributed by atoms with E-state index in [1.807, 2.05) is 61.5 Å². The summed E-state index contributed by atoms with van der Waals surface area (Å²) in [5.41, 5.74) is 2.84. The van der Waals surface area contributed by atoms with Crippen LogP contribution in [0.3, 0.4) is 0 Å². The first-order valence-corrected chi connectivity index (χ1v) is 12.3. The van der Waals surface area contributed by atoms with Gasteiger partial charge in [-0.25, -0.2) is 8.42 Å². The third kappa shape index (κ3) is 6.43. The van der Waals surface area contributed by atoms with Crippen LogP contribution in [0.25, 0.3) is 0 Å². The molecule has 174 valence electrons. The number of ether oxygens (including phenoxy) is 1. The number of carbonyl (C=O) groups is 1. The van der Waals surface area contributed by atoms with Crippen molar-refractivity contribution >= 4 is 16.0 Å². The monoisotopic (exact) mass is 467 g/mol. The maximum atomic E-state index is 13.3. The first-order valence-electron chi connectivity index (χ1n) is 10.9. The number of hydrogen-bond donors (Lipinski definition) is 1. The predicted octanol–water partition coefficient (Wildman–Crippen LogP) is 4.67. The molecule has 0 aliphatic carbocycles. The van der Waals surface area contributed by atoms with Crippen LogP contribution in [0.1, 0.15) is 30.0 Å². The lowest BCUT2D eigenvalue weighted by Gasteiger charge is -2.27. The minimum Gasteiger partial charge on any atom is -0.489 e. The maximum Gasteiger partial charge on any atom is 0.322 e. The van der Waals surface area contributed by atoms with E-state index >= 15 is 0 Å². The number of carboxylic acid groups (broad SMARTS) is 1. The van der Waals surface area contributed by atoms with Gasteiger partial charge >= 0.3 is 5.97 Å². The molecule has 0 aliphatic heterocycles. The van der Waals surface area contributed by atoms with Crippen LogP contribution in [0.15, 0.2) is 83.8 Å². The van der Waals surface area contributed by atoms with Crippen LogP contribution in [0.4, 0.5) is 0 Å². The Balaban J connectivity index is 1.78. The average molecular weight is 468 g/mol. The number of aliphatic carboxylic acids is 1. The molecule has 0 aliphatic rings. The van der Waals surface area contributed by atoms with Crippen LogP contribution >= 0.6 is 0 Å². The number of carboxylic acids is 1. The Bertz CT molecular complexity index is 1160.